The van der Waals surface area contributed by atoms with E-state index in [1.807, 2.05) is 11.3 Å². The summed E-state index contributed by atoms with van der Waals surface area (Å²) in [7, 11) is 0. The maximum atomic E-state index is 2.48. The second-order valence-electron chi connectivity index (χ2n) is 7.87. The van der Waals surface area contributed by atoms with Crippen molar-refractivity contribution in [2.75, 3.05) is 0 Å². The molecule has 0 aliphatic rings. The van der Waals surface area contributed by atoms with Crippen molar-refractivity contribution in [2.45, 2.75) is 0 Å². The first-order chi connectivity index (χ1) is 14.8. The number of rotatable bonds is 0. The molecule has 0 fully saturated rings. The van der Waals surface area contributed by atoms with Gasteiger partial charge in [-0.05, 0) is 0 Å². The van der Waals surface area contributed by atoms with Crippen LogP contribution in [0.5, 0.6) is 0 Å². The number of hydrogen-bond donors (Lipinski definition) is 0. The molecule has 0 bridgehead atoms. The molecule has 0 aliphatic carbocycles. The summed E-state index contributed by atoms with van der Waals surface area (Å²) in [4.78, 5) is 4.68. The van der Waals surface area contributed by atoms with Crippen LogP contribution in [0.1, 0.15) is 0 Å². The summed E-state index contributed by atoms with van der Waals surface area (Å²) in [5.74, 6) is 0. The average Bonchev–Trinajstić information content (AvgIpc) is 3.51. The van der Waals surface area contributed by atoms with E-state index in [2.05, 4.69) is 70.5 Å². The minimum absolute atomic E-state index is 0.396. The Morgan fingerprint density at radius 1 is 0.533 bits per heavy atom. The SMILES string of the molecule is c1cc2cc3cc4c(cc3cc2[se]1)sc1c2cc3cc5cc[se]c5cc3cc2[se]c41. The van der Waals surface area contributed by atoms with E-state index in [0.717, 1.165) is 0 Å². The van der Waals surface area contributed by atoms with Crippen molar-refractivity contribution in [3.05, 3.63) is 70.5 Å². The molecule has 140 valence electrons. The molecular formula is C26H12SSe3. The molecule has 0 aliphatic heterocycles. The van der Waals surface area contributed by atoms with Crippen LogP contribution in [-0.4, -0.2) is 43.5 Å². The molecule has 4 heteroatoms. The molecule has 0 saturated carbocycles. The normalized spacial score (nSPS) is 12.7. The molecule has 4 heterocycles. The Labute approximate surface area is 193 Å². The van der Waals surface area contributed by atoms with Crippen molar-refractivity contribution >= 4 is 124 Å². The first kappa shape index (κ1) is 17.0. The Kier molecular flexibility index (Phi) is 3.40. The van der Waals surface area contributed by atoms with Gasteiger partial charge in [-0.15, -0.1) is 0 Å². The fraction of sp³-hybridized carbons (Fsp3) is 0. The summed E-state index contributed by atoms with van der Waals surface area (Å²) in [5, 5.41) is 11.5. The zero-order chi connectivity index (χ0) is 19.4. The van der Waals surface area contributed by atoms with Crippen LogP contribution >= 0.6 is 11.3 Å². The molecule has 0 N–H and O–H groups in total. The van der Waals surface area contributed by atoms with Gasteiger partial charge in [0.1, 0.15) is 0 Å². The van der Waals surface area contributed by atoms with Crippen molar-refractivity contribution in [1.82, 2.24) is 0 Å². The molecule has 30 heavy (non-hydrogen) atoms. The molecule has 4 aromatic carbocycles. The van der Waals surface area contributed by atoms with Gasteiger partial charge in [0, 0.05) is 0 Å². The second kappa shape index (κ2) is 6.00. The predicted molar refractivity (Wildman–Crippen MR) is 138 cm³/mol. The molecule has 0 nitrogen and oxygen atoms in total. The van der Waals surface area contributed by atoms with Gasteiger partial charge >= 0.3 is 195 Å². The summed E-state index contributed by atoms with van der Waals surface area (Å²) in [6.07, 6.45) is 0. The third-order valence-corrected chi connectivity index (χ3v) is 13.8. The van der Waals surface area contributed by atoms with Gasteiger partial charge in [0.05, 0.1) is 0 Å². The van der Waals surface area contributed by atoms with Crippen molar-refractivity contribution in [3.8, 4) is 0 Å². The van der Waals surface area contributed by atoms with Gasteiger partial charge in [-0.3, -0.25) is 0 Å². The summed E-state index contributed by atoms with van der Waals surface area (Å²) < 4.78 is 9.22. The number of benzene rings is 4. The fourth-order valence-electron chi connectivity index (χ4n) is 4.67. The van der Waals surface area contributed by atoms with E-state index in [1.54, 1.807) is 8.52 Å². The summed E-state index contributed by atoms with van der Waals surface area (Å²) in [6, 6.07) is 24.1. The molecule has 0 saturated heterocycles. The van der Waals surface area contributed by atoms with E-state index < -0.39 is 0 Å². The average molecular weight is 593 g/mol. The van der Waals surface area contributed by atoms with Crippen molar-refractivity contribution in [3.63, 3.8) is 0 Å². The van der Waals surface area contributed by atoms with Crippen LogP contribution in [0, 0.1) is 0 Å². The molecule has 8 aromatic rings. The number of fused-ring (bicyclic) bond motifs is 9. The van der Waals surface area contributed by atoms with Crippen LogP contribution in [0.2, 0.25) is 0 Å². The zero-order valence-electron chi connectivity index (χ0n) is 15.6. The topological polar surface area (TPSA) is 0 Å². The number of hydrogen-bond acceptors (Lipinski definition) is 1. The summed E-state index contributed by atoms with van der Waals surface area (Å²) in [5.41, 5.74) is 0. The predicted octanol–water partition coefficient (Wildman–Crippen LogP) is 6.99. The third-order valence-electron chi connectivity index (χ3n) is 6.14. The Bertz CT molecular complexity index is 1810. The van der Waals surface area contributed by atoms with Gasteiger partial charge in [0.25, 0.3) is 0 Å². The van der Waals surface area contributed by atoms with E-state index in [1.165, 1.54) is 61.0 Å². The second-order valence-corrected chi connectivity index (χ2v) is 15.1. The van der Waals surface area contributed by atoms with Crippen molar-refractivity contribution in [1.29, 1.82) is 0 Å². The molecule has 0 amide bonds. The minimum atomic E-state index is 0.396. The quantitative estimate of drug-likeness (QED) is 0.166. The molecule has 8 rings (SSSR count). The Balaban J connectivity index is 1.49. The third kappa shape index (κ3) is 2.28. The van der Waals surface area contributed by atoms with Crippen molar-refractivity contribution in [2.24, 2.45) is 0 Å². The summed E-state index contributed by atoms with van der Waals surface area (Å²) >= 11 is 3.42. The van der Waals surface area contributed by atoms with Crippen LogP contribution in [0.4, 0.5) is 0 Å². The first-order valence-corrected chi connectivity index (χ1v) is 16.0. The van der Waals surface area contributed by atoms with Crippen LogP contribution in [0.3, 0.4) is 0 Å². The molecule has 0 unspecified atom stereocenters. The van der Waals surface area contributed by atoms with E-state index in [-0.39, 0.29) is 0 Å². The molecule has 4 aromatic heterocycles. The van der Waals surface area contributed by atoms with E-state index in [9.17, 15) is 0 Å². The Morgan fingerprint density at radius 2 is 1.13 bits per heavy atom. The standard InChI is InChI=1S/C26H12SSe3/c1-3-28-22-10-17-9-21-19(7-15(17)5-13(1)22)26-25(27-21)20-8-16-6-14-2-4-29-23(14)11-18(16)12-24(20)30-26/h1-12H. The van der Waals surface area contributed by atoms with Crippen LogP contribution < -0.4 is 0 Å². The van der Waals surface area contributed by atoms with Gasteiger partial charge in [-0.2, -0.15) is 0 Å². The summed E-state index contributed by atoms with van der Waals surface area (Å²) in [6.45, 7) is 0. The van der Waals surface area contributed by atoms with Crippen LogP contribution in [0.25, 0.3) is 69.5 Å². The maximum absolute atomic E-state index is 2.48. The first-order valence-electron chi connectivity index (χ1n) is 9.81. The number of thiophene rings is 1. The van der Waals surface area contributed by atoms with E-state index in [4.69, 9.17) is 0 Å². The van der Waals surface area contributed by atoms with Crippen molar-refractivity contribution < 1.29 is 0 Å². The fourth-order valence-corrected chi connectivity index (χ4v) is 12.5. The van der Waals surface area contributed by atoms with Crippen LogP contribution in [0.15, 0.2) is 70.5 Å². The molecule has 0 spiro atoms. The Hall–Kier alpha value is -1.60. The molecule has 0 radical (unpaired) electrons. The molecule has 0 atom stereocenters. The van der Waals surface area contributed by atoms with Gasteiger partial charge < -0.3 is 0 Å². The van der Waals surface area contributed by atoms with E-state index >= 15 is 0 Å². The van der Waals surface area contributed by atoms with Crippen LogP contribution in [-0.2, 0) is 0 Å². The monoisotopic (exact) mass is 596 g/mol. The van der Waals surface area contributed by atoms with Gasteiger partial charge in [0.2, 0.25) is 0 Å². The van der Waals surface area contributed by atoms with Gasteiger partial charge in [-0.1, -0.05) is 0 Å². The zero-order valence-corrected chi connectivity index (χ0v) is 21.5. The molecular weight excluding hydrogens is 581 g/mol. The van der Waals surface area contributed by atoms with Gasteiger partial charge in [-0.25, -0.2) is 0 Å². The van der Waals surface area contributed by atoms with E-state index in [0.29, 0.717) is 43.5 Å². The van der Waals surface area contributed by atoms with Gasteiger partial charge in [0.15, 0.2) is 0 Å². The Morgan fingerprint density at radius 3 is 1.87 bits per heavy atom.